The van der Waals surface area contributed by atoms with Gasteiger partial charge in [0.1, 0.15) is 0 Å². The van der Waals surface area contributed by atoms with Gasteiger partial charge in [0.05, 0.1) is 0 Å². The molecule has 90 valence electrons. The molecule has 3 aromatic rings. The first-order valence-corrected chi connectivity index (χ1v) is 6.67. The molecule has 2 nitrogen and oxygen atoms in total. The molecule has 0 fully saturated rings. The van der Waals surface area contributed by atoms with Crippen LogP contribution in [0.5, 0.6) is 0 Å². The number of anilines is 1. The summed E-state index contributed by atoms with van der Waals surface area (Å²) in [4.78, 5) is 3.23. The second-order valence-electron chi connectivity index (χ2n) is 4.23. The van der Waals surface area contributed by atoms with Crippen molar-refractivity contribution >= 4 is 32.5 Å². The Hall–Kier alpha value is -1.74. The lowest BCUT2D eigenvalue weighted by atomic mass is 10.1. The Kier molecular flexibility index (Phi) is 3.07. The molecule has 0 atom stereocenters. The third kappa shape index (κ3) is 2.27. The van der Waals surface area contributed by atoms with Crippen LogP contribution >= 0.6 is 15.9 Å². The summed E-state index contributed by atoms with van der Waals surface area (Å²) in [6.45, 7) is 0.817. The van der Waals surface area contributed by atoms with E-state index in [1.54, 1.807) is 0 Å². The first-order valence-electron chi connectivity index (χ1n) is 5.87. The molecule has 18 heavy (non-hydrogen) atoms. The molecule has 0 aliphatic carbocycles. The normalized spacial score (nSPS) is 10.7. The molecule has 3 heteroatoms. The van der Waals surface area contributed by atoms with Crippen molar-refractivity contribution in [3.63, 3.8) is 0 Å². The Morgan fingerprint density at radius 3 is 2.83 bits per heavy atom. The minimum Gasteiger partial charge on any atom is -0.380 e. The van der Waals surface area contributed by atoms with Gasteiger partial charge in [-0.05, 0) is 51.1 Å². The Balaban J connectivity index is 1.78. The molecule has 0 aliphatic rings. The number of benzene rings is 2. The van der Waals surface area contributed by atoms with E-state index >= 15 is 0 Å². The van der Waals surface area contributed by atoms with Crippen molar-refractivity contribution in [2.45, 2.75) is 6.54 Å². The lowest BCUT2D eigenvalue weighted by molar-refractivity contribution is 1.15. The molecule has 0 radical (unpaired) electrons. The van der Waals surface area contributed by atoms with Gasteiger partial charge in [-0.1, -0.05) is 24.3 Å². The molecule has 2 aromatic carbocycles. The zero-order chi connectivity index (χ0) is 12.4. The number of para-hydroxylation sites is 1. The van der Waals surface area contributed by atoms with Gasteiger partial charge in [-0.2, -0.15) is 0 Å². The van der Waals surface area contributed by atoms with E-state index in [2.05, 4.69) is 56.6 Å². The van der Waals surface area contributed by atoms with Crippen molar-refractivity contribution < 1.29 is 0 Å². The van der Waals surface area contributed by atoms with Crippen molar-refractivity contribution in [3.8, 4) is 0 Å². The Morgan fingerprint density at radius 2 is 1.94 bits per heavy atom. The van der Waals surface area contributed by atoms with Gasteiger partial charge in [0, 0.05) is 28.4 Å². The third-order valence-electron chi connectivity index (χ3n) is 2.98. The van der Waals surface area contributed by atoms with Crippen molar-refractivity contribution in [2.75, 3.05) is 5.32 Å². The van der Waals surface area contributed by atoms with Crippen LogP contribution in [0.2, 0.25) is 0 Å². The molecule has 1 aromatic heterocycles. The predicted molar refractivity (Wildman–Crippen MR) is 79.8 cm³/mol. The summed E-state index contributed by atoms with van der Waals surface area (Å²) < 4.78 is 1.09. The molecule has 0 saturated carbocycles. The van der Waals surface area contributed by atoms with Gasteiger partial charge < -0.3 is 10.3 Å². The van der Waals surface area contributed by atoms with E-state index in [-0.39, 0.29) is 0 Å². The molecule has 2 N–H and O–H groups in total. The summed E-state index contributed by atoms with van der Waals surface area (Å²) in [5, 5.41) is 4.68. The van der Waals surface area contributed by atoms with E-state index in [0.29, 0.717) is 0 Å². The summed E-state index contributed by atoms with van der Waals surface area (Å²) in [5.41, 5.74) is 3.56. The minimum absolute atomic E-state index is 0.817. The summed E-state index contributed by atoms with van der Waals surface area (Å²) in [7, 11) is 0. The standard InChI is InChI=1S/C15H13BrN2/c16-13-3-1-2-4-14(13)18-10-11-5-6-12-7-8-17-15(12)9-11/h1-9,17-18H,10H2. The number of aromatic amines is 1. The first kappa shape index (κ1) is 11.4. The smallest absolute Gasteiger partial charge is 0.0487 e. The van der Waals surface area contributed by atoms with Gasteiger partial charge in [0.15, 0.2) is 0 Å². The fraction of sp³-hybridized carbons (Fsp3) is 0.0667. The van der Waals surface area contributed by atoms with Gasteiger partial charge in [0.25, 0.3) is 0 Å². The summed E-state index contributed by atoms with van der Waals surface area (Å²) >= 11 is 3.53. The second-order valence-corrected chi connectivity index (χ2v) is 5.09. The zero-order valence-electron chi connectivity index (χ0n) is 9.78. The fourth-order valence-electron chi connectivity index (χ4n) is 2.01. The maximum absolute atomic E-state index is 3.53. The molecule has 1 heterocycles. The third-order valence-corrected chi connectivity index (χ3v) is 3.67. The number of rotatable bonds is 3. The molecule has 0 spiro atoms. The SMILES string of the molecule is Brc1ccccc1NCc1ccc2cc[nH]c2c1. The second kappa shape index (κ2) is 4.86. The Morgan fingerprint density at radius 1 is 1.06 bits per heavy atom. The highest BCUT2D eigenvalue weighted by atomic mass is 79.9. The van der Waals surface area contributed by atoms with E-state index in [9.17, 15) is 0 Å². The average Bonchev–Trinajstić information content (AvgIpc) is 2.85. The Bertz CT molecular complexity index is 673. The number of aromatic nitrogens is 1. The van der Waals surface area contributed by atoms with Crippen LogP contribution in [0.15, 0.2) is 59.2 Å². The van der Waals surface area contributed by atoms with Gasteiger partial charge in [-0.3, -0.25) is 0 Å². The molecule has 0 bridgehead atoms. The van der Waals surface area contributed by atoms with Crippen LogP contribution < -0.4 is 5.32 Å². The zero-order valence-corrected chi connectivity index (χ0v) is 11.4. The summed E-state index contributed by atoms with van der Waals surface area (Å²) in [6, 6.07) is 16.7. The van der Waals surface area contributed by atoms with E-state index in [0.717, 1.165) is 16.7 Å². The van der Waals surface area contributed by atoms with E-state index < -0.39 is 0 Å². The number of hydrogen-bond donors (Lipinski definition) is 2. The highest BCUT2D eigenvalue weighted by molar-refractivity contribution is 9.10. The van der Waals surface area contributed by atoms with Gasteiger partial charge in [-0.15, -0.1) is 0 Å². The molecule has 3 rings (SSSR count). The van der Waals surface area contributed by atoms with Crippen molar-refractivity contribution in [1.29, 1.82) is 0 Å². The lowest BCUT2D eigenvalue weighted by Gasteiger charge is -2.08. The first-order chi connectivity index (χ1) is 8.83. The quantitative estimate of drug-likeness (QED) is 0.730. The number of halogens is 1. The van der Waals surface area contributed by atoms with Crippen LogP contribution in [0.4, 0.5) is 5.69 Å². The van der Waals surface area contributed by atoms with Gasteiger partial charge >= 0.3 is 0 Å². The van der Waals surface area contributed by atoms with Crippen molar-refractivity contribution in [3.05, 3.63) is 64.8 Å². The lowest BCUT2D eigenvalue weighted by Crippen LogP contribution is -1.99. The molecule has 0 amide bonds. The summed E-state index contributed by atoms with van der Waals surface area (Å²) in [5.74, 6) is 0. The predicted octanol–water partition coefficient (Wildman–Crippen LogP) is 4.54. The number of hydrogen-bond acceptors (Lipinski definition) is 1. The average molecular weight is 301 g/mol. The van der Waals surface area contributed by atoms with E-state index in [1.807, 2.05) is 24.4 Å². The maximum atomic E-state index is 3.53. The molecule has 0 saturated heterocycles. The van der Waals surface area contributed by atoms with Gasteiger partial charge in [-0.25, -0.2) is 0 Å². The molecular formula is C15H13BrN2. The molecule has 0 aliphatic heterocycles. The minimum atomic E-state index is 0.817. The largest absolute Gasteiger partial charge is 0.380 e. The summed E-state index contributed by atoms with van der Waals surface area (Å²) in [6.07, 6.45) is 1.97. The monoisotopic (exact) mass is 300 g/mol. The van der Waals surface area contributed by atoms with Crippen LogP contribution in [-0.2, 0) is 6.54 Å². The maximum Gasteiger partial charge on any atom is 0.0487 e. The number of nitrogens with one attached hydrogen (secondary N) is 2. The number of fused-ring (bicyclic) bond motifs is 1. The topological polar surface area (TPSA) is 27.8 Å². The number of H-pyrrole nitrogens is 1. The Labute approximate surface area is 114 Å². The van der Waals surface area contributed by atoms with Crippen LogP contribution in [0, 0.1) is 0 Å². The van der Waals surface area contributed by atoms with Crippen LogP contribution in [-0.4, -0.2) is 4.98 Å². The van der Waals surface area contributed by atoms with Crippen LogP contribution in [0.25, 0.3) is 10.9 Å². The highest BCUT2D eigenvalue weighted by Crippen LogP contribution is 2.22. The van der Waals surface area contributed by atoms with Crippen molar-refractivity contribution in [2.24, 2.45) is 0 Å². The van der Waals surface area contributed by atoms with E-state index in [1.165, 1.54) is 16.5 Å². The van der Waals surface area contributed by atoms with Gasteiger partial charge in [0.2, 0.25) is 0 Å². The van der Waals surface area contributed by atoms with E-state index in [4.69, 9.17) is 0 Å². The fourth-order valence-corrected chi connectivity index (χ4v) is 2.43. The molecular weight excluding hydrogens is 288 g/mol. The van der Waals surface area contributed by atoms with Crippen LogP contribution in [0.3, 0.4) is 0 Å². The highest BCUT2D eigenvalue weighted by Gasteiger charge is 2.00. The molecule has 0 unspecified atom stereocenters. The van der Waals surface area contributed by atoms with Crippen molar-refractivity contribution in [1.82, 2.24) is 4.98 Å². The van der Waals surface area contributed by atoms with Crippen LogP contribution in [0.1, 0.15) is 5.56 Å².